The number of fused-ring (bicyclic) bond motifs is 1. The zero-order chi connectivity index (χ0) is 31.6. The number of likely N-dealkylation sites (N-methyl/N-ethyl adjacent to an activating group) is 1. The summed E-state index contributed by atoms with van der Waals surface area (Å²) in [4.78, 5) is 24.6. The summed E-state index contributed by atoms with van der Waals surface area (Å²) in [6.07, 6.45) is -6.14. The van der Waals surface area contributed by atoms with Crippen molar-refractivity contribution in [2.45, 2.75) is 56.4 Å². The summed E-state index contributed by atoms with van der Waals surface area (Å²) >= 11 is 0. The highest BCUT2D eigenvalue weighted by atomic mass is 19.4. The molecule has 2 aliphatic heterocycles. The van der Waals surface area contributed by atoms with Gasteiger partial charge in [0.15, 0.2) is 0 Å². The van der Waals surface area contributed by atoms with Gasteiger partial charge >= 0.3 is 12.4 Å². The molecule has 0 radical (unpaired) electrons. The molecule has 1 aliphatic carbocycles. The first kappa shape index (κ1) is 30.4. The Hall–Kier alpha value is -3.67. The second-order valence-corrected chi connectivity index (χ2v) is 12.0. The normalized spacial score (nSPS) is 20.0. The Bertz CT molecular complexity index is 1570. The maximum Gasteiger partial charge on any atom is 0.416 e. The van der Waals surface area contributed by atoms with E-state index in [1.54, 1.807) is 13.0 Å². The largest absolute Gasteiger partial charge is 0.416 e. The lowest BCUT2D eigenvalue weighted by atomic mass is 9.90. The van der Waals surface area contributed by atoms with Gasteiger partial charge in [0.1, 0.15) is 11.6 Å². The number of aryl methyl sites for hydroxylation is 1. The SMILES string of the molecule is Cc1cc(F)ccc1-c1cc(N2CCN3CCC[C@H]3C2)ncc1N(C)C(=O)C1(c2cc(C(F)(F)F)cc(C(F)(F)F)c2)CC1. The number of benzene rings is 2. The second kappa shape index (κ2) is 10.7. The van der Waals surface area contributed by atoms with Gasteiger partial charge in [-0.05, 0) is 92.2 Å². The fourth-order valence-electron chi connectivity index (χ4n) is 6.63. The van der Waals surface area contributed by atoms with Crippen LogP contribution < -0.4 is 9.80 Å². The van der Waals surface area contributed by atoms with Gasteiger partial charge in [-0.2, -0.15) is 26.3 Å². The molecule has 0 N–H and O–H groups in total. The lowest BCUT2D eigenvalue weighted by Gasteiger charge is -2.38. The minimum Gasteiger partial charge on any atom is -0.354 e. The van der Waals surface area contributed by atoms with Crippen LogP contribution in [0.15, 0.2) is 48.7 Å². The number of piperazine rings is 1. The number of rotatable bonds is 5. The van der Waals surface area contributed by atoms with Crippen molar-refractivity contribution < 1.29 is 35.5 Å². The average Bonchev–Trinajstić information content (AvgIpc) is 3.65. The molecule has 2 saturated heterocycles. The third-order valence-electron chi connectivity index (χ3n) is 9.22. The van der Waals surface area contributed by atoms with Gasteiger partial charge in [0, 0.05) is 38.3 Å². The third-order valence-corrected chi connectivity index (χ3v) is 9.22. The van der Waals surface area contributed by atoms with E-state index < -0.39 is 40.6 Å². The Morgan fingerprint density at radius 2 is 1.61 bits per heavy atom. The Morgan fingerprint density at radius 3 is 2.23 bits per heavy atom. The number of halogens is 7. The Morgan fingerprint density at radius 1 is 0.932 bits per heavy atom. The zero-order valence-electron chi connectivity index (χ0n) is 24.2. The van der Waals surface area contributed by atoms with Crippen molar-refractivity contribution >= 4 is 17.4 Å². The summed E-state index contributed by atoms with van der Waals surface area (Å²) in [6, 6.07) is 7.85. The van der Waals surface area contributed by atoms with Gasteiger partial charge in [-0.25, -0.2) is 9.37 Å². The molecule has 234 valence electrons. The van der Waals surface area contributed by atoms with Crippen LogP contribution in [0.4, 0.5) is 42.2 Å². The van der Waals surface area contributed by atoms with Gasteiger partial charge in [-0.15, -0.1) is 0 Å². The van der Waals surface area contributed by atoms with E-state index in [1.165, 1.54) is 30.3 Å². The van der Waals surface area contributed by atoms with Crippen LogP contribution in [0.1, 0.15) is 47.9 Å². The molecular weight excluding hydrogens is 589 g/mol. The number of nitrogens with zero attached hydrogens (tertiary/aromatic N) is 4. The summed E-state index contributed by atoms with van der Waals surface area (Å²) in [5.41, 5.74) is -2.68. The molecule has 1 atom stereocenters. The van der Waals surface area contributed by atoms with Gasteiger partial charge in [0.2, 0.25) is 5.91 Å². The molecule has 3 heterocycles. The van der Waals surface area contributed by atoms with Crippen LogP contribution in [0, 0.1) is 12.7 Å². The van der Waals surface area contributed by atoms with E-state index in [4.69, 9.17) is 0 Å². The minimum absolute atomic E-state index is 0.0667. The molecule has 0 unspecified atom stereocenters. The fourth-order valence-corrected chi connectivity index (χ4v) is 6.63. The second-order valence-electron chi connectivity index (χ2n) is 12.0. The highest BCUT2D eigenvalue weighted by Gasteiger charge is 2.54. The number of hydrogen-bond acceptors (Lipinski definition) is 4. The molecule has 3 aromatic rings. The topological polar surface area (TPSA) is 39.7 Å². The van der Waals surface area contributed by atoms with Crippen molar-refractivity contribution in [1.29, 1.82) is 0 Å². The Balaban J connectivity index is 1.40. The van der Waals surface area contributed by atoms with Gasteiger partial charge in [0.25, 0.3) is 0 Å². The maximum atomic E-state index is 14.1. The number of amides is 1. The molecule has 12 heteroatoms. The number of aromatic nitrogens is 1. The van der Waals surface area contributed by atoms with E-state index in [0.717, 1.165) is 39.0 Å². The highest BCUT2D eigenvalue weighted by Crippen LogP contribution is 2.52. The van der Waals surface area contributed by atoms with Crippen molar-refractivity contribution in [2.24, 2.45) is 0 Å². The lowest BCUT2D eigenvalue weighted by Crippen LogP contribution is -2.50. The number of carbonyl (C=O) groups excluding carboxylic acids is 1. The van der Waals surface area contributed by atoms with E-state index >= 15 is 0 Å². The lowest BCUT2D eigenvalue weighted by molar-refractivity contribution is -0.143. The summed E-state index contributed by atoms with van der Waals surface area (Å²) in [6.45, 7) is 5.21. The van der Waals surface area contributed by atoms with Crippen LogP contribution >= 0.6 is 0 Å². The summed E-state index contributed by atoms with van der Waals surface area (Å²) in [5, 5.41) is 0. The van der Waals surface area contributed by atoms with Crippen molar-refractivity contribution in [1.82, 2.24) is 9.88 Å². The van der Waals surface area contributed by atoms with Crippen LogP contribution in [0.25, 0.3) is 11.1 Å². The monoisotopic (exact) mass is 620 g/mol. The average molecular weight is 621 g/mol. The number of hydrogen-bond donors (Lipinski definition) is 0. The van der Waals surface area contributed by atoms with Crippen LogP contribution in [0.3, 0.4) is 0 Å². The van der Waals surface area contributed by atoms with Crippen LogP contribution in [0.5, 0.6) is 0 Å². The third kappa shape index (κ3) is 5.52. The number of alkyl halides is 6. The number of anilines is 2. The zero-order valence-corrected chi connectivity index (χ0v) is 24.2. The van der Waals surface area contributed by atoms with E-state index in [2.05, 4.69) is 14.8 Å². The maximum absolute atomic E-state index is 14.1. The van der Waals surface area contributed by atoms with Crippen LogP contribution in [0.2, 0.25) is 0 Å². The molecule has 5 nitrogen and oxygen atoms in total. The number of pyridine rings is 1. The predicted octanol–water partition coefficient (Wildman–Crippen LogP) is 7.21. The van der Waals surface area contributed by atoms with Crippen molar-refractivity contribution in [2.75, 3.05) is 43.0 Å². The first-order valence-electron chi connectivity index (χ1n) is 14.5. The molecule has 0 bridgehead atoms. The Kier molecular flexibility index (Phi) is 7.41. The van der Waals surface area contributed by atoms with E-state index in [0.29, 0.717) is 46.4 Å². The van der Waals surface area contributed by atoms with E-state index in [-0.39, 0.29) is 24.5 Å². The molecule has 1 amide bonds. The molecule has 6 rings (SSSR count). The fraction of sp³-hybridized carbons (Fsp3) is 0.438. The van der Waals surface area contributed by atoms with Crippen molar-refractivity contribution in [3.63, 3.8) is 0 Å². The highest BCUT2D eigenvalue weighted by molar-refractivity contribution is 6.05. The van der Waals surface area contributed by atoms with E-state index in [1.807, 2.05) is 6.07 Å². The van der Waals surface area contributed by atoms with Crippen molar-refractivity contribution in [3.8, 4) is 11.1 Å². The molecule has 44 heavy (non-hydrogen) atoms. The molecule has 1 aromatic heterocycles. The minimum atomic E-state index is -5.03. The predicted molar refractivity (Wildman–Crippen MR) is 152 cm³/mol. The molecule has 2 aromatic carbocycles. The summed E-state index contributed by atoms with van der Waals surface area (Å²) < 4.78 is 95.9. The standard InChI is InChI=1S/C32H31F7N4O/c1-19-12-23(33)5-6-25(19)26-16-28(43-11-10-42-9-3-4-24(42)18-43)40-17-27(26)41(2)29(44)30(7-8-30)20-13-21(31(34,35)36)15-22(14-20)32(37,38)39/h5-6,12-17,24H,3-4,7-11,18H2,1-2H3/t24-/m0/s1. The summed E-state index contributed by atoms with van der Waals surface area (Å²) in [7, 11) is 1.44. The summed E-state index contributed by atoms with van der Waals surface area (Å²) in [5.74, 6) is -0.403. The Labute approximate surface area is 250 Å². The van der Waals surface area contributed by atoms with Crippen LogP contribution in [-0.2, 0) is 22.6 Å². The number of carbonyl (C=O) groups is 1. The van der Waals surface area contributed by atoms with Gasteiger partial charge in [0.05, 0.1) is 28.4 Å². The molecule has 0 spiro atoms. The molecule has 3 aliphatic rings. The molecule has 3 fully saturated rings. The van der Waals surface area contributed by atoms with Crippen molar-refractivity contribution in [3.05, 3.63) is 76.7 Å². The molecular formula is C32H31F7N4O. The smallest absolute Gasteiger partial charge is 0.354 e. The van der Waals surface area contributed by atoms with E-state index in [9.17, 15) is 35.5 Å². The first-order chi connectivity index (χ1) is 20.7. The van der Waals surface area contributed by atoms with Gasteiger partial charge in [-0.3, -0.25) is 9.69 Å². The van der Waals surface area contributed by atoms with Crippen LogP contribution in [-0.4, -0.2) is 55.1 Å². The first-order valence-corrected chi connectivity index (χ1v) is 14.5. The molecule has 1 saturated carbocycles. The quantitative estimate of drug-likeness (QED) is 0.283. The van der Waals surface area contributed by atoms with Gasteiger partial charge < -0.3 is 9.80 Å². The van der Waals surface area contributed by atoms with Gasteiger partial charge in [-0.1, -0.05) is 6.07 Å².